The standard InChI is InChI=1S/C9H19NO2.CH4/c1-4-9(11)12-8-7-10(5-2)6-3;/h4-8H2,1-3H3;1H4. The minimum Gasteiger partial charge on any atom is -0.464 e. The van der Waals surface area contributed by atoms with E-state index in [1.165, 1.54) is 0 Å². The highest BCUT2D eigenvalue weighted by Gasteiger charge is 2.01. The maximum Gasteiger partial charge on any atom is 0.305 e. The first-order valence-electron chi connectivity index (χ1n) is 4.62. The largest absolute Gasteiger partial charge is 0.464 e. The molecule has 0 atom stereocenters. The number of likely N-dealkylation sites (N-methyl/N-ethyl adjacent to an activating group) is 1. The number of ether oxygens (including phenoxy) is 1. The fourth-order valence-electron chi connectivity index (χ4n) is 0.930. The van der Waals surface area contributed by atoms with E-state index < -0.39 is 0 Å². The third kappa shape index (κ3) is 7.78. The van der Waals surface area contributed by atoms with Crippen molar-refractivity contribution in [2.75, 3.05) is 26.2 Å². The van der Waals surface area contributed by atoms with Crippen molar-refractivity contribution in [1.82, 2.24) is 4.90 Å². The molecule has 0 amide bonds. The molecule has 0 N–H and O–H groups in total. The topological polar surface area (TPSA) is 29.5 Å². The lowest BCUT2D eigenvalue weighted by Crippen LogP contribution is -2.27. The molecule has 0 saturated carbocycles. The smallest absolute Gasteiger partial charge is 0.305 e. The molecular weight excluding hydrogens is 166 g/mol. The first-order chi connectivity index (χ1) is 5.74. The molecule has 80 valence electrons. The molecule has 0 aromatic carbocycles. The summed E-state index contributed by atoms with van der Waals surface area (Å²) in [5, 5.41) is 0. The Morgan fingerprint density at radius 1 is 1.23 bits per heavy atom. The molecule has 0 aromatic heterocycles. The Morgan fingerprint density at radius 2 is 1.77 bits per heavy atom. The van der Waals surface area contributed by atoms with E-state index in [2.05, 4.69) is 18.7 Å². The van der Waals surface area contributed by atoms with Crippen LogP contribution in [0.15, 0.2) is 0 Å². The second-order valence-corrected chi connectivity index (χ2v) is 2.60. The second kappa shape index (κ2) is 9.52. The van der Waals surface area contributed by atoms with Crippen LogP contribution >= 0.6 is 0 Å². The van der Waals surface area contributed by atoms with Gasteiger partial charge in [0.2, 0.25) is 0 Å². The Labute approximate surface area is 82.1 Å². The molecule has 0 rings (SSSR count). The van der Waals surface area contributed by atoms with Crippen LogP contribution < -0.4 is 0 Å². The number of esters is 1. The van der Waals surface area contributed by atoms with Gasteiger partial charge in [-0.1, -0.05) is 28.2 Å². The number of nitrogens with zero attached hydrogens (tertiary/aromatic N) is 1. The molecule has 0 fully saturated rings. The van der Waals surface area contributed by atoms with E-state index >= 15 is 0 Å². The van der Waals surface area contributed by atoms with Gasteiger partial charge in [0.25, 0.3) is 0 Å². The summed E-state index contributed by atoms with van der Waals surface area (Å²) in [6.07, 6.45) is 0.470. The van der Waals surface area contributed by atoms with E-state index in [9.17, 15) is 4.79 Å². The van der Waals surface area contributed by atoms with Gasteiger partial charge in [0.1, 0.15) is 6.61 Å². The summed E-state index contributed by atoms with van der Waals surface area (Å²) < 4.78 is 4.94. The van der Waals surface area contributed by atoms with Gasteiger partial charge in [-0.2, -0.15) is 0 Å². The highest BCUT2D eigenvalue weighted by Crippen LogP contribution is 1.89. The normalized spacial score (nSPS) is 9.54. The molecule has 0 spiro atoms. The Hall–Kier alpha value is -0.570. The van der Waals surface area contributed by atoms with Gasteiger partial charge in [-0.05, 0) is 13.1 Å². The zero-order chi connectivity index (χ0) is 9.40. The summed E-state index contributed by atoms with van der Waals surface area (Å²) in [4.78, 5) is 13.0. The van der Waals surface area contributed by atoms with Crippen LogP contribution in [0, 0.1) is 0 Å². The molecule has 0 heterocycles. The highest BCUT2D eigenvalue weighted by molar-refractivity contribution is 5.68. The van der Waals surface area contributed by atoms with Crippen molar-refractivity contribution in [1.29, 1.82) is 0 Å². The van der Waals surface area contributed by atoms with Gasteiger partial charge >= 0.3 is 5.97 Å². The van der Waals surface area contributed by atoms with E-state index in [0.29, 0.717) is 13.0 Å². The van der Waals surface area contributed by atoms with Crippen molar-refractivity contribution < 1.29 is 9.53 Å². The fourth-order valence-corrected chi connectivity index (χ4v) is 0.930. The van der Waals surface area contributed by atoms with Crippen LogP contribution in [-0.4, -0.2) is 37.1 Å². The zero-order valence-electron chi connectivity index (χ0n) is 8.30. The van der Waals surface area contributed by atoms with Crippen molar-refractivity contribution in [3.05, 3.63) is 0 Å². The molecule has 0 unspecified atom stereocenters. The lowest BCUT2D eigenvalue weighted by atomic mass is 10.5. The monoisotopic (exact) mass is 189 g/mol. The molecule has 0 bridgehead atoms. The average Bonchev–Trinajstić information content (AvgIpc) is 2.12. The summed E-state index contributed by atoms with van der Waals surface area (Å²) in [5.74, 6) is -0.109. The predicted molar refractivity (Wildman–Crippen MR) is 55.8 cm³/mol. The van der Waals surface area contributed by atoms with Crippen LogP contribution in [0.5, 0.6) is 0 Å². The minimum atomic E-state index is -0.109. The van der Waals surface area contributed by atoms with Crippen molar-refractivity contribution in [2.24, 2.45) is 0 Å². The number of hydrogen-bond acceptors (Lipinski definition) is 3. The summed E-state index contributed by atoms with van der Waals surface area (Å²) in [7, 11) is 0. The first kappa shape index (κ1) is 14.9. The summed E-state index contributed by atoms with van der Waals surface area (Å²) in [6.45, 7) is 9.41. The lowest BCUT2D eigenvalue weighted by Gasteiger charge is -2.17. The molecule has 13 heavy (non-hydrogen) atoms. The van der Waals surface area contributed by atoms with Gasteiger partial charge in [0.05, 0.1) is 0 Å². The van der Waals surface area contributed by atoms with Crippen molar-refractivity contribution in [3.63, 3.8) is 0 Å². The second-order valence-electron chi connectivity index (χ2n) is 2.60. The van der Waals surface area contributed by atoms with E-state index in [1.807, 2.05) is 0 Å². The quantitative estimate of drug-likeness (QED) is 0.598. The minimum absolute atomic E-state index is 0. The molecule has 0 aliphatic carbocycles. The zero-order valence-corrected chi connectivity index (χ0v) is 8.30. The van der Waals surface area contributed by atoms with Gasteiger partial charge in [-0.25, -0.2) is 0 Å². The van der Waals surface area contributed by atoms with Crippen LogP contribution in [0.1, 0.15) is 34.6 Å². The summed E-state index contributed by atoms with van der Waals surface area (Å²) in [6, 6.07) is 0. The molecule has 0 aliphatic rings. The average molecular weight is 189 g/mol. The summed E-state index contributed by atoms with van der Waals surface area (Å²) >= 11 is 0. The Kier molecular flexibility index (Phi) is 10.9. The molecule has 0 aliphatic heterocycles. The van der Waals surface area contributed by atoms with E-state index in [-0.39, 0.29) is 13.4 Å². The Balaban J connectivity index is 0. The van der Waals surface area contributed by atoms with Crippen LogP contribution in [0.3, 0.4) is 0 Å². The van der Waals surface area contributed by atoms with E-state index in [4.69, 9.17) is 4.74 Å². The van der Waals surface area contributed by atoms with E-state index in [1.54, 1.807) is 6.92 Å². The van der Waals surface area contributed by atoms with Gasteiger partial charge in [-0.15, -0.1) is 0 Å². The maximum absolute atomic E-state index is 10.7. The highest BCUT2D eigenvalue weighted by atomic mass is 16.5. The number of hydrogen-bond donors (Lipinski definition) is 0. The van der Waals surface area contributed by atoms with Crippen LogP contribution in [0.2, 0.25) is 0 Å². The van der Waals surface area contributed by atoms with Crippen LogP contribution in [-0.2, 0) is 9.53 Å². The Morgan fingerprint density at radius 3 is 2.15 bits per heavy atom. The molecule has 0 aromatic rings. The van der Waals surface area contributed by atoms with Gasteiger partial charge in [-0.3, -0.25) is 4.79 Å². The third-order valence-electron chi connectivity index (χ3n) is 1.85. The Bertz CT molecular complexity index is 122. The van der Waals surface area contributed by atoms with Crippen LogP contribution in [0.25, 0.3) is 0 Å². The molecular formula is C10H23NO2. The van der Waals surface area contributed by atoms with Crippen molar-refractivity contribution >= 4 is 5.97 Å². The molecule has 3 heteroatoms. The number of carbonyl (C=O) groups excluding carboxylic acids is 1. The number of rotatable bonds is 6. The lowest BCUT2D eigenvalue weighted by molar-refractivity contribution is -0.143. The molecule has 3 nitrogen and oxygen atoms in total. The number of carbonyl (C=O) groups is 1. The maximum atomic E-state index is 10.7. The van der Waals surface area contributed by atoms with Gasteiger partial charge in [0.15, 0.2) is 0 Å². The summed E-state index contributed by atoms with van der Waals surface area (Å²) in [5.41, 5.74) is 0. The van der Waals surface area contributed by atoms with E-state index in [0.717, 1.165) is 19.6 Å². The first-order valence-corrected chi connectivity index (χ1v) is 4.62. The fraction of sp³-hybridized carbons (Fsp3) is 0.900. The molecule has 0 saturated heterocycles. The molecule has 0 radical (unpaired) electrons. The van der Waals surface area contributed by atoms with Crippen LogP contribution in [0.4, 0.5) is 0 Å². The van der Waals surface area contributed by atoms with Gasteiger partial charge in [0, 0.05) is 13.0 Å². The van der Waals surface area contributed by atoms with Crippen molar-refractivity contribution in [3.8, 4) is 0 Å². The third-order valence-corrected chi connectivity index (χ3v) is 1.85. The van der Waals surface area contributed by atoms with Crippen molar-refractivity contribution in [2.45, 2.75) is 34.6 Å². The van der Waals surface area contributed by atoms with Gasteiger partial charge < -0.3 is 9.64 Å². The SMILES string of the molecule is C.CCC(=O)OCCN(CC)CC. The predicted octanol–water partition coefficient (Wildman–Crippen LogP) is 1.92.